The quantitative estimate of drug-likeness (QED) is 0.815. The van der Waals surface area contributed by atoms with Crippen molar-refractivity contribution in [2.24, 2.45) is 0 Å². The smallest absolute Gasteiger partial charge is 0.0423 e. The summed E-state index contributed by atoms with van der Waals surface area (Å²) in [5.41, 5.74) is 5.33. The maximum absolute atomic E-state index is 3.54. The van der Waals surface area contributed by atoms with Gasteiger partial charge in [-0.3, -0.25) is 0 Å². The minimum atomic E-state index is 0.870. The second-order valence-electron chi connectivity index (χ2n) is 5.06. The number of rotatable bonds is 4. The molecular weight excluding hydrogens is 264 g/mol. The van der Waals surface area contributed by atoms with Gasteiger partial charge in [0.25, 0.3) is 0 Å². The molecule has 0 aromatic heterocycles. The number of hydrogen-bond donors (Lipinski definition) is 2. The zero-order valence-corrected chi connectivity index (χ0v) is 12.6. The molecule has 2 nitrogen and oxygen atoms in total. The molecule has 0 radical (unpaired) electrons. The number of para-hydroxylation sites is 1. The Hall–Kier alpha value is -1.61. The van der Waals surface area contributed by atoms with Gasteiger partial charge >= 0.3 is 0 Å². The fraction of sp³-hybridized carbons (Fsp3) is 0.294. The van der Waals surface area contributed by atoms with Crippen molar-refractivity contribution in [3.05, 3.63) is 53.6 Å². The molecule has 2 aromatic rings. The highest BCUT2D eigenvalue weighted by atomic mass is 32.2. The van der Waals surface area contributed by atoms with Gasteiger partial charge in [-0.05, 0) is 54.5 Å². The van der Waals surface area contributed by atoms with Gasteiger partial charge in [-0.1, -0.05) is 18.2 Å². The number of aryl methyl sites for hydroxylation is 1. The summed E-state index contributed by atoms with van der Waals surface area (Å²) in [6, 6.07) is 15.2. The Morgan fingerprint density at radius 3 is 2.80 bits per heavy atom. The lowest BCUT2D eigenvalue weighted by Crippen LogP contribution is -2.14. The fourth-order valence-corrected chi connectivity index (χ4v) is 3.04. The third-order valence-electron chi connectivity index (χ3n) is 3.73. The summed E-state index contributed by atoms with van der Waals surface area (Å²) >= 11 is 1.77. The van der Waals surface area contributed by atoms with Crippen LogP contribution in [0.1, 0.15) is 17.5 Å². The van der Waals surface area contributed by atoms with E-state index in [9.17, 15) is 0 Å². The first-order valence-corrected chi connectivity index (χ1v) is 8.32. The van der Waals surface area contributed by atoms with Crippen LogP contribution in [0, 0.1) is 0 Å². The summed E-state index contributed by atoms with van der Waals surface area (Å²) in [7, 11) is 0. The Balaban J connectivity index is 1.71. The van der Waals surface area contributed by atoms with E-state index in [4.69, 9.17) is 0 Å². The van der Waals surface area contributed by atoms with Crippen LogP contribution < -0.4 is 10.6 Å². The molecule has 1 aliphatic heterocycles. The summed E-state index contributed by atoms with van der Waals surface area (Å²) in [6.45, 7) is 1.96. The van der Waals surface area contributed by atoms with Crippen LogP contribution in [0.4, 0.5) is 11.4 Å². The van der Waals surface area contributed by atoms with Crippen molar-refractivity contribution in [1.82, 2.24) is 0 Å². The standard InChI is InChI=1S/C17H20N2S/c1-20-16-9-7-15(8-10-16)19-12-14-5-2-4-13-6-3-11-18-17(13)14/h2,4-5,7-10,18-19H,3,6,11-12H2,1H3. The molecule has 0 amide bonds. The second-order valence-corrected chi connectivity index (χ2v) is 5.94. The first kappa shape index (κ1) is 13.4. The lowest BCUT2D eigenvalue weighted by Gasteiger charge is -2.21. The molecule has 0 unspecified atom stereocenters. The van der Waals surface area contributed by atoms with Crippen molar-refractivity contribution < 1.29 is 0 Å². The van der Waals surface area contributed by atoms with Crippen molar-refractivity contribution in [2.75, 3.05) is 23.4 Å². The molecular formula is C17H20N2S. The van der Waals surface area contributed by atoms with Gasteiger partial charge in [-0.15, -0.1) is 11.8 Å². The van der Waals surface area contributed by atoms with Crippen LogP contribution in [-0.2, 0) is 13.0 Å². The molecule has 104 valence electrons. The van der Waals surface area contributed by atoms with Crippen molar-refractivity contribution in [2.45, 2.75) is 24.3 Å². The maximum atomic E-state index is 3.54. The molecule has 0 saturated heterocycles. The van der Waals surface area contributed by atoms with Gasteiger partial charge in [0.15, 0.2) is 0 Å². The Morgan fingerprint density at radius 1 is 1.15 bits per heavy atom. The monoisotopic (exact) mass is 284 g/mol. The Kier molecular flexibility index (Phi) is 4.16. The first-order valence-electron chi connectivity index (χ1n) is 7.09. The lowest BCUT2D eigenvalue weighted by atomic mass is 9.99. The zero-order valence-electron chi connectivity index (χ0n) is 11.8. The van der Waals surface area contributed by atoms with Crippen molar-refractivity contribution in [3.8, 4) is 0 Å². The number of fused-ring (bicyclic) bond motifs is 1. The SMILES string of the molecule is CSc1ccc(NCc2cccc3c2NCCC3)cc1. The van der Waals surface area contributed by atoms with Gasteiger partial charge in [0.05, 0.1) is 0 Å². The average molecular weight is 284 g/mol. The van der Waals surface area contributed by atoms with E-state index >= 15 is 0 Å². The van der Waals surface area contributed by atoms with Crippen LogP contribution in [0.25, 0.3) is 0 Å². The molecule has 2 aromatic carbocycles. The molecule has 0 fully saturated rings. The molecule has 1 aliphatic rings. The van der Waals surface area contributed by atoms with E-state index in [1.165, 1.54) is 40.2 Å². The van der Waals surface area contributed by atoms with Crippen molar-refractivity contribution in [1.29, 1.82) is 0 Å². The minimum Gasteiger partial charge on any atom is -0.385 e. The van der Waals surface area contributed by atoms with Crippen molar-refractivity contribution in [3.63, 3.8) is 0 Å². The van der Waals surface area contributed by atoms with Crippen molar-refractivity contribution >= 4 is 23.1 Å². The van der Waals surface area contributed by atoms with Gasteiger partial charge in [-0.2, -0.15) is 0 Å². The predicted octanol–water partition coefficient (Wildman–Crippen LogP) is 4.38. The Bertz CT molecular complexity index is 578. The Morgan fingerprint density at radius 2 is 2.00 bits per heavy atom. The number of nitrogens with one attached hydrogen (secondary N) is 2. The van der Waals surface area contributed by atoms with Crippen LogP contribution >= 0.6 is 11.8 Å². The van der Waals surface area contributed by atoms with Gasteiger partial charge in [0.1, 0.15) is 0 Å². The van der Waals surface area contributed by atoms with Crippen LogP contribution in [0.3, 0.4) is 0 Å². The van der Waals surface area contributed by atoms with Gasteiger partial charge in [0.2, 0.25) is 0 Å². The third-order valence-corrected chi connectivity index (χ3v) is 4.48. The average Bonchev–Trinajstić information content (AvgIpc) is 2.53. The minimum absolute atomic E-state index is 0.870. The van der Waals surface area contributed by atoms with Crippen LogP contribution in [0.2, 0.25) is 0 Å². The number of hydrogen-bond acceptors (Lipinski definition) is 3. The van der Waals surface area contributed by atoms with E-state index in [-0.39, 0.29) is 0 Å². The molecule has 20 heavy (non-hydrogen) atoms. The highest BCUT2D eigenvalue weighted by Gasteiger charge is 2.11. The molecule has 0 aliphatic carbocycles. The van der Waals surface area contributed by atoms with Gasteiger partial charge < -0.3 is 10.6 Å². The Labute approximate surface area is 125 Å². The molecule has 2 N–H and O–H groups in total. The van der Waals surface area contributed by atoms with Gasteiger partial charge in [0, 0.05) is 29.4 Å². The van der Waals surface area contributed by atoms with Crippen LogP contribution in [0.15, 0.2) is 47.4 Å². The highest BCUT2D eigenvalue weighted by molar-refractivity contribution is 7.98. The number of anilines is 2. The zero-order chi connectivity index (χ0) is 13.8. The van der Waals surface area contributed by atoms with Crippen LogP contribution in [0.5, 0.6) is 0 Å². The first-order chi connectivity index (χ1) is 9.86. The van der Waals surface area contributed by atoms with E-state index < -0.39 is 0 Å². The molecule has 0 saturated carbocycles. The second kappa shape index (κ2) is 6.23. The molecule has 1 heterocycles. The number of benzene rings is 2. The summed E-state index contributed by atoms with van der Waals surface area (Å²) < 4.78 is 0. The largest absolute Gasteiger partial charge is 0.385 e. The summed E-state index contributed by atoms with van der Waals surface area (Å²) in [4.78, 5) is 1.30. The fourth-order valence-electron chi connectivity index (χ4n) is 2.63. The van der Waals surface area contributed by atoms with E-state index in [2.05, 4.69) is 59.4 Å². The number of thioether (sulfide) groups is 1. The molecule has 3 heteroatoms. The molecule has 0 atom stereocenters. The normalized spacial score (nSPS) is 13.4. The van der Waals surface area contributed by atoms with E-state index in [1.807, 2.05) is 0 Å². The summed E-state index contributed by atoms with van der Waals surface area (Å²) in [5.74, 6) is 0. The molecule has 0 spiro atoms. The predicted molar refractivity (Wildman–Crippen MR) is 88.8 cm³/mol. The third kappa shape index (κ3) is 2.93. The topological polar surface area (TPSA) is 24.1 Å². The molecule has 0 bridgehead atoms. The highest BCUT2D eigenvalue weighted by Crippen LogP contribution is 2.27. The maximum Gasteiger partial charge on any atom is 0.0423 e. The van der Waals surface area contributed by atoms with Gasteiger partial charge in [-0.25, -0.2) is 0 Å². The van der Waals surface area contributed by atoms with E-state index in [1.54, 1.807) is 11.8 Å². The van der Waals surface area contributed by atoms with Crippen LogP contribution in [-0.4, -0.2) is 12.8 Å². The summed E-state index contributed by atoms with van der Waals surface area (Å²) in [6.07, 6.45) is 4.53. The van der Waals surface area contributed by atoms with E-state index in [0.29, 0.717) is 0 Å². The molecule has 3 rings (SSSR count). The lowest BCUT2D eigenvalue weighted by molar-refractivity contribution is 0.825. The summed E-state index contributed by atoms with van der Waals surface area (Å²) in [5, 5.41) is 7.06. The van der Waals surface area contributed by atoms with E-state index in [0.717, 1.165) is 13.1 Å².